The third-order valence-electron chi connectivity index (χ3n) is 3.92. The first-order chi connectivity index (χ1) is 14.0. The highest BCUT2D eigenvalue weighted by Crippen LogP contribution is 2.28. The van der Waals surface area contributed by atoms with E-state index in [0.29, 0.717) is 22.4 Å². The molecule has 0 bridgehead atoms. The molecule has 2 aromatic carbocycles. The fourth-order valence-electron chi connectivity index (χ4n) is 2.57. The summed E-state index contributed by atoms with van der Waals surface area (Å²) >= 11 is 1.28. The third kappa shape index (κ3) is 5.99. The molecule has 0 aliphatic rings. The molecule has 0 unspecified atom stereocenters. The Morgan fingerprint density at radius 3 is 2.66 bits per heavy atom. The highest BCUT2D eigenvalue weighted by Gasteiger charge is 2.13. The number of ether oxygens (including phenoxy) is 1. The summed E-state index contributed by atoms with van der Waals surface area (Å²) in [4.78, 5) is 8.17. The van der Waals surface area contributed by atoms with Crippen LogP contribution in [0, 0.1) is 6.92 Å². The first-order valence-electron chi connectivity index (χ1n) is 8.82. The van der Waals surface area contributed by atoms with E-state index in [-0.39, 0.29) is 5.69 Å². The van der Waals surface area contributed by atoms with E-state index >= 15 is 0 Å². The van der Waals surface area contributed by atoms with Crippen LogP contribution in [-0.2, 0) is 5.75 Å². The number of aryl methyl sites for hydroxylation is 1. The maximum atomic E-state index is 13.0. The van der Waals surface area contributed by atoms with Crippen LogP contribution in [0.1, 0.15) is 28.9 Å². The lowest BCUT2D eigenvalue weighted by molar-refractivity contribution is 0.145. The van der Waals surface area contributed by atoms with Crippen LogP contribution < -0.4 is 10.2 Å². The number of hydrazone groups is 1. The van der Waals surface area contributed by atoms with Gasteiger partial charge in [-0.1, -0.05) is 30.0 Å². The van der Waals surface area contributed by atoms with Gasteiger partial charge in [0, 0.05) is 17.0 Å². The van der Waals surface area contributed by atoms with Crippen molar-refractivity contribution in [3.63, 3.8) is 0 Å². The SMILES string of the molecule is COc1ccc(C=NNc2ccccc2)cc1CSc1nc(C)cc(C(F)F)n1. The number of hydrogen-bond donors (Lipinski definition) is 1. The second kappa shape index (κ2) is 9.97. The van der Waals surface area contributed by atoms with E-state index in [0.717, 1.165) is 16.8 Å². The minimum absolute atomic E-state index is 0.264. The molecule has 0 aliphatic carbocycles. The van der Waals surface area contributed by atoms with Crippen LogP contribution in [0.2, 0.25) is 0 Å². The lowest BCUT2D eigenvalue weighted by atomic mass is 10.1. The van der Waals surface area contributed by atoms with Gasteiger partial charge in [-0.2, -0.15) is 5.10 Å². The summed E-state index contributed by atoms with van der Waals surface area (Å²) in [5.41, 5.74) is 5.87. The van der Waals surface area contributed by atoms with Crippen LogP contribution >= 0.6 is 11.8 Å². The lowest BCUT2D eigenvalue weighted by Gasteiger charge is -2.10. The molecule has 0 fully saturated rings. The van der Waals surface area contributed by atoms with E-state index in [4.69, 9.17) is 4.74 Å². The molecule has 0 spiro atoms. The molecule has 1 heterocycles. The van der Waals surface area contributed by atoms with Crippen LogP contribution in [0.15, 0.2) is 64.9 Å². The van der Waals surface area contributed by atoms with Crippen LogP contribution in [0.4, 0.5) is 14.5 Å². The van der Waals surface area contributed by atoms with Crippen LogP contribution in [-0.4, -0.2) is 23.3 Å². The minimum Gasteiger partial charge on any atom is -0.496 e. The molecule has 3 aromatic rings. The average Bonchev–Trinajstić information content (AvgIpc) is 2.72. The second-order valence-corrected chi connectivity index (χ2v) is 7.06. The van der Waals surface area contributed by atoms with E-state index < -0.39 is 6.43 Å². The molecule has 150 valence electrons. The van der Waals surface area contributed by atoms with Crippen molar-refractivity contribution in [2.45, 2.75) is 24.3 Å². The second-order valence-electron chi connectivity index (χ2n) is 6.11. The standard InChI is InChI=1S/C21H20F2N4OS/c1-14-10-18(20(22)23)26-21(25-14)29-13-16-11-15(8-9-19(16)28-2)12-24-27-17-6-4-3-5-7-17/h3-12,20,27H,13H2,1-2H3. The van der Waals surface area contributed by atoms with E-state index in [9.17, 15) is 8.78 Å². The van der Waals surface area contributed by atoms with Gasteiger partial charge in [-0.15, -0.1) is 0 Å². The zero-order valence-corrected chi connectivity index (χ0v) is 16.8. The molecule has 0 amide bonds. The van der Waals surface area contributed by atoms with Gasteiger partial charge in [0.2, 0.25) is 0 Å². The maximum Gasteiger partial charge on any atom is 0.280 e. The molecule has 0 saturated carbocycles. The number of anilines is 1. The van der Waals surface area contributed by atoms with Gasteiger partial charge >= 0.3 is 0 Å². The number of aromatic nitrogens is 2. The summed E-state index contributed by atoms with van der Waals surface area (Å²) in [6, 6.07) is 16.6. The molecular formula is C21H20F2N4OS. The monoisotopic (exact) mass is 414 g/mol. The smallest absolute Gasteiger partial charge is 0.280 e. The molecule has 0 radical (unpaired) electrons. The number of thioether (sulfide) groups is 1. The zero-order valence-electron chi connectivity index (χ0n) is 16.0. The number of methoxy groups -OCH3 is 1. The van der Waals surface area contributed by atoms with Crippen molar-refractivity contribution in [2.75, 3.05) is 12.5 Å². The Hall–Kier alpha value is -3.00. The summed E-state index contributed by atoms with van der Waals surface area (Å²) < 4.78 is 31.3. The normalized spacial score (nSPS) is 11.2. The van der Waals surface area contributed by atoms with Crippen molar-refractivity contribution in [3.05, 3.63) is 77.1 Å². The van der Waals surface area contributed by atoms with E-state index in [1.165, 1.54) is 17.8 Å². The van der Waals surface area contributed by atoms with Crippen LogP contribution in [0.25, 0.3) is 0 Å². The van der Waals surface area contributed by atoms with Crippen LogP contribution in [0.3, 0.4) is 0 Å². The Kier molecular flexibility index (Phi) is 7.13. The Morgan fingerprint density at radius 2 is 1.93 bits per heavy atom. The molecule has 29 heavy (non-hydrogen) atoms. The van der Waals surface area contributed by atoms with E-state index in [1.54, 1.807) is 20.2 Å². The fourth-order valence-corrected chi connectivity index (χ4v) is 3.46. The Balaban J connectivity index is 1.72. The summed E-state index contributed by atoms with van der Waals surface area (Å²) in [5.74, 6) is 1.18. The van der Waals surface area contributed by atoms with Crippen molar-refractivity contribution in [3.8, 4) is 5.75 Å². The van der Waals surface area contributed by atoms with Crippen molar-refractivity contribution in [2.24, 2.45) is 5.10 Å². The molecule has 0 atom stereocenters. The summed E-state index contributed by atoms with van der Waals surface area (Å²) in [7, 11) is 1.59. The van der Waals surface area contributed by atoms with E-state index in [1.807, 2.05) is 48.5 Å². The first kappa shape index (κ1) is 20.7. The number of benzene rings is 2. The largest absolute Gasteiger partial charge is 0.496 e. The fraction of sp³-hybridized carbons (Fsp3) is 0.190. The Bertz CT molecular complexity index is 984. The minimum atomic E-state index is -2.62. The Labute approximate surface area is 172 Å². The van der Waals surface area contributed by atoms with Crippen molar-refractivity contribution in [1.82, 2.24) is 9.97 Å². The van der Waals surface area contributed by atoms with Gasteiger partial charge in [0.1, 0.15) is 11.4 Å². The van der Waals surface area contributed by atoms with Gasteiger partial charge in [-0.05, 0) is 48.9 Å². The molecule has 1 N–H and O–H groups in total. The van der Waals surface area contributed by atoms with Crippen molar-refractivity contribution < 1.29 is 13.5 Å². The van der Waals surface area contributed by atoms with Crippen molar-refractivity contribution >= 4 is 23.7 Å². The summed E-state index contributed by atoms with van der Waals surface area (Å²) in [6.45, 7) is 1.68. The van der Waals surface area contributed by atoms with Crippen molar-refractivity contribution in [1.29, 1.82) is 0 Å². The zero-order chi connectivity index (χ0) is 20.6. The highest BCUT2D eigenvalue weighted by molar-refractivity contribution is 7.98. The molecule has 8 heteroatoms. The first-order valence-corrected chi connectivity index (χ1v) is 9.81. The van der Waals surface area contributed by atoms with Crippen LogP contribution in [0.5, 0.6) is 5.75 Å². The van der Waals surface area contributed by atoms with Gasteiger partial charge in [0.25, 0.3) is 6.43 Å². The molecule has 0 aliphatic heterocycles. The number of para-hydroxylation sites is 1. The molecule has 5 nitrogen and oxygen atoms in total. The molecule has 0 saturated heterocycles. The number of halogens is 2. The summed E-state index contributed by atoms with van der Waals surface area (Å²) in [5, 5.41) is 4.55. The number of nitrogens with one attached hydrogen (secondary N) is 1. The number of rotatable bonds is 8. The van der Waals surface area contributed by atoms with Gasteiger partial charge in [-0.3, -0.25) is 5.43 Å². The number of hydrogen-bond acceptors (Lipinski definition) is 6. The molecule has 3 rings (SSSR count). The van der Waals surface area contributed by atoms with Gasteiger partial charge in [-0.25, -0.2) is 18.7 Å². The number of alkyl halides is 2. The molecular weight excluding hydrogens is 394 g/mol. The average molecular weight is 414 g/mol. The number of nitrogens with zero attached hydrogens (tertiary/aromatic N) is 3. The van der Waals surface area contributed by atoms with E-state index in [2.05, 4.69) is 20.5 Å². The predicted octanol–water partition coefficient (Wildman–Crippen LogP) is 5.47. The van der Waals surface area contributed by atoms with Gasteiger partial charge < -0.3 is 4.74 Å². The lowest BCUT2D eigenvalue weighted by Crippen LogP contribution is -1.99. The topological polar surface area (TPSA) is 59.4 Å². The highest BCUT2D eigenvalue weighted by atomic mass is 32.2. The molecule has 1 aromatic heterocycles. The third-order valence-corrected chi connectivity index (χ3v) is 4.82. The summed E-state index contributed by atoms with van der Waals surface area (Å²) in [6.07, 6.45) is -0.916. The van der Waals surface area contributed by atoms with Gasteiger partial charge in [0.15, 0.2) is 5.16 Å². The van der Waals surface area contributed by atoms with Gasteiger partial charge in [0.05, 0.1) is 19.0 Å². The predicted molar refractivity (Wildman–Crippen MR) is 112 cm³/mol. The Morgan fingerprint density at radius 1 is 1.14 bits per heavy atom. The maximum absolute atomic E-state index is 13.0. The quantitative estimate of drug-likeness (QED) is 0.229.